The first-order chi connectivity index (χ1) is 18.1. The zero-order valence-electron chi connectivity index (χ0n) is 20.7. The Labute approximate surface area is 230 Å². The van der Waals surface area contributed by atoms with Gasteiger partial charge in [0.2, 0.25) is 15.8 Å². The standard InChI is InChI=1S/C26H27Cl2FN4O4S/c1-38(35,36)32-12-11-31(16-24(32)17-9-10-21(27)22(28)13-17)23-15-30-33(19-6-4-5-18(29)14-19)26(34)25(23)37-20-7-2-3-8-20/h4-6,9-10,13-15,20,24H,2-3,7-8,11-12,16H2,1H3. The van der Waals surface area contributed by atoms with Crippen molar-refractivity contribution in [2.24, 2.45) is 0 Å². The van der Waals surface area contributed by atoms with E-state index in [0.29, 0.717) is 27.8 Å². The Morgan fingerprint density at radius 2 is 1.82 bits per heavy atom. The molecular weight excluding hydrogens is 554 g/mol. The van der Waals surface area contributed by atoms with Gasteiger partial charge in [-0.3, -0.25) is 4.79 Å². The van der Waals surface area contributed by atoms with Crippen molar-refractivity contribution in [3.05, 3.63) is 80.4 Å². The molecule has 0 N–H and O–H groups in total. The molecule has 1 aromatic heterocycles. The molecule has 1 aliphatic carbocycles. The van der Waals surface area contributed by atoms with Crippen LogP contribution in [0.5, 0.6) is 5.75 Å². The fourth-order valence-electron chi connectivity index (χ4n) is 5.10. The zero-order chi connectivity index (χ0) is 27.0. The summed E-state index contributed by atoms with van der Waals surface area (Å²) < 4.78 is 48.1. The summed E-state index contributed by atoms with van der Waals surface area (Å²) in [4.78, 5) is 15.6. The van der Waals surface area contributed by atoms with E-state index in [1.54, 1.807) is 24.3 Å². The maximum Gasteiger partial charge on any atom is 0.316 e. The second kappa shape index (κ2) is 10.8. The first-order valence-corrected chi connectivity index (χ1v) is 14.9. The van der Waals surface area contributed by atoms with E-state index in [2.05, 4.69) is 5.10 Å². The van der Waals surface area contributed by atoms with Gasteiger partial charge < -0.3 is 9.64 Å². The molecule has 0 spiro atoms. The van der Waals surface area contributed by atoms with Crippen LogP contribution in [0.4, 0.5) is 10.1 Å². The molecule has 0 bridgehead atoms. The van der Waals surface area contributed by atoms with E-state index in [9.17, 15) is 17.6 Å². The van der Waals surface area contributed by atoms with Crippen LogP contribution >= 0.6 is 23.2 Å². The molecule has 1 unspecified atom stereocenters. The Hall–Kier alpha value is -2.66. The van der Waals surface area contributed by atoms with E-state index in [1.807, 2.05) is 4.90 Å². The minimum Gasteiger partial charge on any atom is -0.483 e. The molecular formula is C26H27Cl2FN4O4S. The number of hydrogen-bond donors (Lipinski definition) is 0. The number of nitrogens with zero attached hydrogens (tertiary/aromatic N) is 4. The molecule has 2 aromatic carbocycles. The second-order valence-electron chi connectivity index (χ2n) is 9.59. The lowest BCUT2D eigenvalue weighted by Gasteiger charge is -2.41. The minimum atomic E-state index is -3.55. The van der Waals surface area contributed by atoms with Crippen LogP contribution in [0.15, 0.2) is 53.5 Å². The molecule has 38 heavy (non-hydrogen) atoms. The van der Waals surface area contributed by atoms with Crippen LogP contribution in [-0.4, -0.2) is 54.5 Å². The monoisotopic (exact) mass is 580 g/mol. The Bertz CT molecular complexity index is 1510. The van der Waals surface area contributed by atoms with Gasteiger partial charge in [0.05, 0.1) is 40.3 Å². The topological polar surface area (TPSA) is 84.7 Å². The molecule has 0 radical (unpaired) electrons. The molecule has 2 aliphatic rings. The molecule has 8 nitrogen and oxygen atoms in total. The molecule has 1 saturated carbocycles. The number of piperazine rings is 1. The highest BCUT2D eigenvalue weighted by atomic mass is 35.5. The summed E-state index contributed by atoms with van der Waals surface area (Å²) in [5, 5.41) is 5.02. The van der Waals surface area contributed by atoms with Crippen LogP contribution in [0.1, 0.15) is 37.3 Å². The first kappa shape index (κ1) is 26.9. The smallest absolute Gasteiger partial charge is 0.316 e. The van der Waals surface area contributed by atoms with Crippen molar-refractivity contribution in [1.29, 1.82) is 0 Å². The van der Waals surface area contributed by atoms with Gasteiger partial charge in [0.1, 0.15) is 11.5 Å². The Morgan fingerprint density at radius 1 is 1.05 bits per heavy atom. The fourth-order valence-corrected chi connectivity index (χ4v) is 6.47. The number of ether oxygens (including phenoxy) is 1. The SMILES string of the molecule is CS(=O)(=O)N1CCN(c2cnn(-c3cccc(F)c3)c(=O)c2OC2CCCC2)CC1c1ccc(Cl)c(Cl)c1. The maximum absolute atomic E-state index is 13.9. The quantitative estimate of drug-likeness (QED) is 0.415. The largest absolute Gasteiger partial charge is 0.483 e. The summed E-state index contributed by atoms with van der Waals surface area (Å²) in [7, 11) is -3.55. The van der Waals surface area contributed by atoms with Crippen LogP contribution in [0.25, 0.3) is 5.69 Å². The molecule has 5 rings (SSSR count). The number of sulfonamides is 1. The number of anilines is 1. The molecule has 12 heteroatoms. The molecule has 2 fully saturated rings. The van der Waals surface area contributed by atoms with Crippen LogP contribution in [0.3, 0.4) is 0 Å². The third-order valence-corrected chi connectivity index (χ3v) is 9.01. The van der Waals surface area contributed by atoms with E-state index < -0.39 is 27.4 Å². The van der Waals surface area contributed by atoms with Crippen molar-refractivity contribution in [1.82, 2.24) is 14.1 Å². The van der Waals surface area contributed by atoms with Crippen molar-refractivity contribution >= 4 is 38.9 Å². The van der Waals surface area contributed by atoms with Crippen molar-refractivity contribution in [3.8, 4) is 11.4 Å². The van der Waals surface area contributed by atoms with Gasteiger partial charge in [-0.25, -0.2) is 12.8 Å². The molecule has 1 atom stereocenters. The summed E-state index contributed by atoms with van der Waals surface area (Å²) in [5.41, 5.74) is 0.923. The number of halogens is 3. The van der Waals surface area contributed by atoms with Crippen molar-refractivity contribution in [3.63, 3.8) is 0 Å². The number of benzene rings is 2. The van der Waals surface area contributed by atoms with Crippen LogP contribution in [0.2, 0.25) is 10.0 Å². The number of rotatable bonds is 6. The lowest BCUT2D eigenvalue weighted by molar-refractivity contribution is 0.205. The fraction of sp³-hybridized carbons (Fsp3) is 0.385. The highest BCUT2D eigenvalue weighted by Gasteiger charge is 2.36. The summed E-state index contributed by atoms with van der Waals surface area (Å²) in [6.45, 7) is 0.730. The average molecular weight is 581 g/mol. The van der Waals surface area contributed by atoms with E-state index in [-0.39, 0.29) is 30.6 Å². The second-order valence-corrected chi connectivity index (χ2v) is 12.3. The first-order valence-electron chi connectivity index (χ1n) is 12.3. The highest BCUT2D eigenvalue weighted by Crippen LogP contribution is 2.36. The Balaban J connectivity index is 1.57. The van der Waals surface area contributed by atoms with Gasteiger partial charge in [0, 0.05) is 19.6 Å². The molecule has 1 aliphatic heterocycles. The third kappa shape index (κ3) is 5.54. The van der Waals surface area contributed by atoms with Crippen molar-refractivity contribution in [2.45, 2.75) is 37.8 Å². The number of aromatic nitrogens is 2. The van der Waals surface area contributed by atoms with E-state index in [4.69, 9.17) is 27.9 Å². The van der Waals surface area contributed by atoms with Gasteiger partial charge in [-0.05, 0) is 61.6 Å². The van der Waals surface area contributed by atoms with Gasteiger partial charge in [-0.1, -0.05) is 35.3 Å². The summed E-state index contributed by atoms with van der Waals surface area (Å²) in [5.74, 6) is -0.364. The molecule has 3 aromatic rings. The minimum absolute atomic E-state index is 0.118. The van der Waals surface area contributed by atoms with Crippen LogP contribution in [-0.2, 0) is 10.0 Å². The van der Waals surface area contributed by atoms with Crippen LogP contribution < -0.4 is 15.2 Å². The third-order valence-electron chi connectivity index (χ3n) is 6.98. The Morgan fingerprint density at radius 3 is 2.50 bits per heavy atom. The number of hydrogen-bond acceptors (Lipinski definition) is 6. The summed E-state index contributed by atoms with van der Waals surface area (Å²) in [6, 6.07) is 10.1. The van der Waals surface area contributed by atoms with Gasteiger partial charge in [-0.15, -0.1) is 0 Å². The van der Waals surface area contributed by atoms with E-state index >= 15 is 0 Å². The lowest BCUT2D eigenvalue weighted by atomic mass is 10.0. The predicted molar refractivity (Wildman–Crippen MR) is 146 cm³/mol. The van der Waals surface area contributed by atoms with Gasteiger partial charge in [0.15, 0.2) is 0 Å². The highest BCUT2D eigenvalue weighted by molar-refractivity contribution is 7.88. The maximum atomic E-state index is 13.9. The van der Waals surface area contributed by atoms with Crippen molar-refractivity contribution in [2.75, 3.05) is 30.8 Å². The normalized spacial score (nSPS) is 19.2. The summed E-state index contributed by atoms with van der Waals surface area (Å²) >= 11 is 12.4. The average Bonchev–Trinajstić information content (AvgIpc) is 3.39. The van der Waals surface area contributed by atoms with Gasteiger partial charge in [0.25, 0.3) is 0 Å². The van der Waals surface area contributed by atoms with Crippen molar-refractivity contribution < 1.29 is 17.5 Å². The zero-order valence-corrected chi connectivity index (χ0v) is 23.0. The van der Waals surface area contributed by atoms with E-state index in [0.717, 1.165) is 30.4 Å². The molecule has 0 amide bonds. The lowest BCUT2D eigenvalue weighted by Crippen LogP contribution is -2.50. The predicted octanol–water partition coefficient (Wildman–Crippen LogP) is 4.82. The molecule has 202 valence electrons. The molecule has 2 heterocycles. The van der Waals surface area contributed by atoms with Gasteiger partial charge in [-0.2, -0.15) is 14.1 Å². The summed E-state index contributed by atoms with van der Waals surface area (Å²) in [6.07, 6.45) is 6.25. The Kier molecular flexibility index (Phi) is 7.68. The molecule has 1 saturated heterocycles. The van der Waals surface area contributed by atoms with E-state index in [1.165, 1.54) is 35.0 Å². The van der Waals surface area contributed by atoms with Crippen LogP contribution in [0, 0.1) is 5.82 Å². The van der Waals surface area contributed by atoms with Gasteiger partial charge >= 0.3 is 5.56 Å².